The van der Waals surface area contributed by atoms with E-state index in [2.05, 4.69) is 0 Å². The third kappa shape index (κ3) is 2.76. The van der Waals surface area contributed by atoms with Crippen molar-refractivity contribution >= 4 is 11.6 Å². The number of carbonyl (C=O) groups is 1. The Balaban J connectivity index is 2.20. The van der Waals surface area contributed by atoms with Gasteiger partial charge < -0.3 is 16.2 Å². The summed E-state index contributed by atoms with van der Waals surface area (Å²) in [7, 11) is 0. The van der Waals surface area contributed by atoms with Crippen molar-refractivity contribution in [3.63, 3.8) is 0 Å². The summed E-state index contributed by atoms with van der Waals surface area (Å²) in [5.41, 5.74) is 11.3. The van der Waals surface area contributed by atoms with Crippen LogP contribution in [0.1, 0.15) is 10.4 Å². The van der Waals surface area contributed by atoms with Crippen LogP contribution in [0.5, 0.6) is 11.5 Å². The van der Waals surface area contributed by atoms with Gasteiger partial charge in [-0.3, -0.25) is 4.79 Å². The van der Waals surface area contributed by atoms with Crippen LogP contribution in [0.4, 0.5) is 10.1 Å². The number of primary amides is 1. The van der Waals surface area contributed by atoms with E-state index >= 15 is 0 Å². The number of nitrogen functional groups attached to an aromatic ring is 1. The molecule has 4 N–H and O–H groups in total. The van der Waals surface area contributed by atoms with Crippen LogP contribution in [-0.2, 0) is 0 Å². The normalized spacial score (nSPS) is 10.1. The molecule has 0 bridgehead atoms. The van der Waals surface area contributed by atoms with Crippen LogP contribution < -0.4 is 16.2 Å². The Morgan fingerprint density at radius 3 is 2.28 bits per heavy atom. The topological polar surface area (TPSA) is 78.3 Å². The fraction of sp³-hybridized carbons (Fsp3) is 0. The maximum absolute atomic E-state index is 13.1. The van der Waals surface area contributed by atoms with Crippen LogP contribution in [-0.4, -0.2) is 5.91 Å². The molecule has 0 fully saturated rings. The minimum absolute atomic E-state index is 0.277. The summed E-state index contributed by atoms with van der Waals surface area (Å²) >= 11 is 0. The number of carbonyl (C=O) groups excluding carboxylic acids is 1. The number of ether oxygens (including phenoxy) is 1. The van der Waals surface area contributed by atoms with Crippen molar-refractivity contribution in [3.8, 4) is 11.5 Å². The predicted octanol–water partition coefficient (Wildman–Crippen LogP) is 2.30. The van der Waals surface area contributed by atoms with Gasteiger partial charge in [-0.1, -0.05) is 0 Å². The van der Waals surface area contributed by atoms with Gasteiger partial charge in [0.2, 0.25) is 5.91 Å². The summed E-state index contributed by atoms with van der Waals surface area (Å²) in [5, 5.41) is 0. The highest BCUT2D eigenvalue weighted by Gasteiger charge is 2.03. The van der Waals surface area contributed by atoms with Crippen molar-refractivity contribution in [1.29, 1.82) is 0 Å². The van der Waals surface area contributed by atoms with Crippen LogP contribution in [0.25, 0.3) is 0 Å². The molecule has 0 aliphatic heterocycles. The number of nitrogens with two attached hydrogens (primary N) is 2. The largest absolute Gasteiger partial charge is 0.457 e. The number of benzene rings is 2. The maximum Gasteiger partial charge on any atom is 0.248 e. The smallest absolute Gasteiger partial charge is 0.248 e. The molecular formula is C13H11FN2O2. The Kier molecular flexibility index (Phi) is 3.14. The second-order valence-electron chi connectivity index (χ2n) is 3.71. The van der Waals surface area contributed by atoms with E-state index in [1.807, 2.05) is 0 Å². The molecule has 2 aromatic rings. The fourth-order valence-electron chi connectivity index (χ4n) is 1.47. The quantitative estimate of drug-likeness (QED) is 0.815. The van der Waals surface area contributed by atoms with Crippen molar-refractivity contribution in [3.05, 3.63) is 53.8 Å². The summed E-state index contributed by atoms with van der Waals surface area (Å²) in [5.74, 6) is -0.236. The SMILES string of the molecule is NC(=O)c1ccc(Oc2cc(N)cc(F)c2)cc1. The molecule has 1 amide bonds. The van der Waals surface area contributed by atoms with Crippen LogP contribution in [0.3, 0.4) is 0 Å². The number of amides is 1. The Hall–Kier alpha value is -2.56. The standard InChI is InChI=1S/C13H11FN2O2/c14-9-5-10(15)7-12(6-9)18-11-3-1-8(2-4-11)13(16)17/h1-7H,15H2,(H2,16,17). The molecule has 0 radical (unpaired) electrons. The Morgan fingerprint density at radius 2 is 1.72 bits per heavy atom. The van der Waals surface area contributed by atoms with Gasteiger partial charge in [-0.25, -0.2) is 4.39 Å². The molecule has 0 saturated heterocycles. The van der Waals surface area contributed by atoms with Gasteiger partial charge in [-0.15, -0.1) is 0 Å². The molecule has 2 aromatic carbocycles. The lowest BCUT2D eigenvalue weighted by atomic mass is 10.2. The molecule has 18 heavy (non-hydrogen) atoms. The third-order valence-electron chi connectivity index (χ3n) is 2.27. The van der Waals surface area contributed by atoms with Crippen molar-refractivity contribution in [1.82, 2.24) is 0 Å². The molecule has 0 heterocycles. The Bertz CT molecular complexity index is 562. The first kappa shape index (κ1) is 11.9. The van der Waals surface area contributed by atoms with E-state index in [-0.39, 0.29) is 5.69 Å². The second-order valence-corrected chi connectivity index (χ2v) is 3.71. The number of anilines is 1. The number of hydrogen-bond acceptors (Lipinski definition) is 3. The monoisotopic (exact) mass is 246 g/mol. The summed E-state index contributed by atoms with van der Waals surface area (Å²) in [4.78, 5) is 10.9. The number of hydrogen-bond donors (Lipinski definition) is 2. The minimum atomic E-state index is -0.517. The molecule has 0 saturated carbocycles. The summed E-state index contributed by atoms with van der Waals surface area (Å²) in [6.45, 7) is 0. The lowest BCUT2D eigenvalue weighted by Gasteiger charge is -2.07. The highest BCUT2D eigenvalue weighted by molar-refractivity contribution is 5.92. The van der Waals surface area contributed by atoms with Crippen LogP contribution >= 0.6 is 0 Å². The first-order valence-corrected chi connectivity index (χ1v) is 5.18. The van der Waals surface area contributed by atoms with Gasteiger partial charge in [0.15, 0.2) is 0 Å². The third-order valence-corrected chi connectivity index (χ3v) is 2.27. The molecule has 0 aromatic heterocycles. The summed E-state index contributed by atoms with van der Waals surface area (Å²) in [6.07, 6.45) is 0. The van der Waals surface area contributed by atoms with Gasteiger partial charge in [-0.05, 0) is 30.3 Å². The van der Waals surface area contributed by atoms with Gasteiger partial charge in [0, 0.05) is 23.4 Å². The molecule has 0 atom stereocenters. The van der Waals surface area contributed by atoms with Gasteiger partial charge in [0.05, 0.1) is 0 Å². The molecule has 2 rings (SSSR count). The zero-order chi connectivity index (χ0) is 13.1. The molecule has 4 nitrogen and oxygen atoms in total. The molecule has 92 valence electrons. The van der Waals surface area contributed by atoms with Gasteiger partial charge in [0.1, 0.15) is 17.3 Å². The van der Waals surface area contributed by atoms with Crippen molar-refractivity contribution in [2.24, 2.45) is 5.73 Å². The summed E-state index contributed by atoms with van der Waals surface area (Å²) < 4.78 is 18.5. The second kappa shape index (κ2) is 4.75. The highest BCUT2D eigenvalue weighted by atomic mass is 19.1. The zero-order valence-corrected chi connectivity index (χ0v) is 9.39. The van der Waals surface area contributed by atoms with Crippen molar-refractivity contribution in [2.45, 2.75) is 0 Å². The fourth-order valence-corrected chi connectivity index (χ4v) is 1.47. The van der Waals surface area contributed by atoms with E-state index in [1.165, 1.54) is 30.3 Å². The van der Waals surface area contributed by atoms with Crippen LogP contribution in [0.15, 0.2) is 42.5 Å². The molecule has 5 heteroatoms. The van der Waals surface area contributed by atoms with E-state index < -0.39 is 11.7 Å². The highest BCUT2D eigenvalue weighted by Crippen LogP contribution is 2.24. The number of halogens is 1. The van der Waals surface area contributed by atoms with Gasteiger partial charge in [-0.2, -0.15) is 0 Å². The maximum atomic E-state index is 13.1. The average Bonchev–Trinajstić information content (AvgIpc) is 2.28. The van der Waals surface area contributed by atoms with E-state index in [4.69, 9.17) is 16.2 Å². The first-order chi connectivity index (χ1) is 8.54. The van der Waals surface area contributed by atoms with E-state index in [9.17, 15) is 9.18 Å². The van der Waals surface area contributed by atoms with Crippen molar-refractivity contribution in [2.75, 3.05) is 5.73 Å². The average molecular weight is 246 g/mol. The minimum Gasteiger partial charge on any atom is -0.457 e. The molecule has 0 aliphatic carbocycles. The number of rotatable bonds is 3. The molecular weight excluding hydrogens is 235 g/mol. The predicted molar refractivity (Wildman–Crippen MR) is 65.8 cm³/mol. The van der Waals surface area contributed by atoms with Gasteiger partial charge >= 0.3 is 0 Å². The zero-order valence-electron chi connectivity index (χ0n) is 9.39. The molecule has 0 spiro atoms. The lowest BCUT2D eigenvalue weighted by molar-refractivity contribution is 0.100. The Labute approximate surface area is 103 Å². The van der Waals surface area contributed by atoms with Gasteiger partial charge in [0.25, 0.3) is 0 Å². The lowest BCUT2D eigenvalue weighted by Crippen LogP contribution is -2.10. The molecule has 0 unspecified atom stereocenters. The summed E-state index contributed by atoms with van der Waals surface area (Å²) in [6, 6.07) is 10.1. The van der Waals surface area contributed by atoms with Crippen LogP contribution in [0, 0.1) is 5.82 Å². The molecule has 0 aliphatic rings. The van der Waals surface area contributed by atoms with E-state index in [1.54, 1.807) is 12.1 Å². The van der Waals surface area contributed by atoms with E-state index in [0.29, 0.717) is 17.1 Å². The van der Waals surface area contributed by atoms with E-state index in [0.717, 1.165) is 0 Å². The Morgan fingerprint density at radius 1 is 1.06 bits per heavy atom. The van der Waals surface area contributed by atoms with Crippen molar-refractivity contribution < 1.29 is 13.9 Å². The van der Waals surface area contributed by atoms with Crippen LogP contribution in [0.2, 0.25) is 0 Å². The first-order valence-electron chi connectivity index (χ1n) is 5.18.